The topological polar surface area (TPSA) is 17.1 Å². The Balaban J connectivity index is 3.24. The lowest BCUT2D eigenvalue weighted by Crippen LogP contribution is -2.05. The fourth-order valence-corrected chi connectivity index (χ4v) is 0.693. The molecular formula is C5H8Cl2O. The summed E-state index contributed by atoms with van der Waals surface area (Å²) in [7, 11) is 0. The summed E-state index contributed by atoms with van der Waals surface area (Å²) in [6.07, 6.45) is 0.380. The summed E-state index contributed by atoms with van der Waals surface area (Å²) >= 11 is 10.8. The van der Waals surface area contributed by atoms with E-state index in [2.05, 4.69) is 0 Å². The number of carbonyl (C=O) groups excluding carboxylic acids is 1. The highest BCUT2D eigenvalue weighted by molar-refractivity contribution is 6.28. The van der Waals surface area contributed by atoms with Gasteiger partial charge in [0.1, 0.15) is 5.78 Å². The molecule has 0 aromatic carbocycles. The molecule has 8 heavy (non-hydrogen) atoms. The zero-order valence-corrected chi connectivity index (χ0v) is 6.17. The highest BCUT2D eigenvalue weighted by atomic mass is 35.5. The average Bonchev–Trinajstić information content (AvgIpc) is 1.65. The summed E-state index contributed by atoms with van der Waals surface area (Å²) in [6.45, 7) is 1.50. The summed E-state index contributed by atoms with van der Waals surface area (Å²) in [5, 5.41) is -0.186. The molecule has 0 saturated heterocycles. The summed E-state index contributed by atoms with van der Waals surface area (Å²) in [5.41, 5.74) is 0. The second kappa shape index (κ2) is 4.16. The minimum atomic E-state index is -0.186. The molecule has 0 aliphatic heterocycles. The normalized spacial score (nSPS) is 13.4. The van der Waals surface area contributed by atoms with Crippen molar-refractivity contribution in [1.82, 2.24) is 0 Å². The third-order valence-electron chi connectivity index (χ3n) is 0.676. The molecular weight excluding hydrogens is 147 g/mol. The molecule has 0 aliphatic carbocycles. The van der Waals surface area contributed by atoms with Crippen molar-refractivity contribution in [2.75, 3.05) is 5.88 Å². The SMILES string of the molecule is CC(=O)CC(Cl)CCl. The lowest BCUT2D eigenvalue weighted by molar-refractivity contribution is -0.116. The van der Waals surface area contributed by atoms with Gasteiger partial charge in [0.25, 0.3) is 0 Å². The largest absolute Gasteiger partial charge is 0.300 e. The molecule has 0 saturated carbocycles. The fraction of sp³-hybridized carbons (Fsp3) is 0.800. The number of alkyl halides is 2. The van der Waals surface area contributed by atoms with E-state index in [0.29, 0.717) is 12.3 Å². The van der Waals surface area contributed by atoms with Crippen molar-refractivity contribution in [3.05, 3.63) is 0 Å². The molecule has 0 N–H and O–H groups in total. The first-order valence-electron chi connectivity index (χ1n) is 2.36. The monoisotopic (exact) mass is 154 g/mol. The Morgan fingerprint density at radius 1 is 1.75 bits per heavy atom. The van der Waals surface area contributed by atoms with Gasteiger partial charge in [-0.1, -0.05) is 0 Å². The van der Waals surface area contributed by atoms with Crippen LogP contribution in [0.1, 0.15) is 13.3 Å². The Morgan fingerprint density at radius 3 is 2.38 bits per heavy atom. The molecule has 0 rings (SSSR count). The van der Waals surface area contributed by atoms with Crippen LogP contribution < -0.4 is 0 Å². The van der Waals surface area contributed by atoms with Crippen LogP contribution in [0.5, 0.6) is 0 Å². The molecule has 48 valence electrons. The van der Waals surface area contributed by atoms with Crippen molar-refractivity contribution in [3.63, 3.8) is 0 Å². The van der Waals surface area contributed by atoms with E-state index in [4.69, 9.17) is 23.2 Å². The van der Waals surface area contributed by atoms with Crippen LogP contribution in [-0.4, -0.2) is 17.0 Å². The maximum atomic E-state index is 10.3. The number of rotatable bonds is 3. The van der Waals surface area contributed by atoms with Gasteiger partial charge in [0.15, 0.2) is 0 Å². The van der Waals surface area contributed by atoms with Gasteiger partial charge < -0.3 is 0 Å². The zero-order chi connectivity index (χ0) is 6.57. The Morgan fingerprint density at radius 2 is 2.25 bits per heavy atom. The van der Waals surface area contributed by atoms with Crippen molar-refractivity contribution in [3.8, 4) is 0 Å². The van der Waals surface area contributed by atoms with E-state index in [9.17, 15) is 4.79 Å². The summed E-state index contributed by atoms with van der Waals surface area (Å²) < 4.78 is 0. The van der Waals surface area contributed by atoms with Crippen LogP contribution in [0.2, 0.25) is 0 Å². The number of halogens is 2. The second-order valence-corrected chi connectivity index (χ2v) is 2.58. The van der Waals surface area contributed by atoms with E-state index in [1.807, 2.05) is 0 Å². The fourth-order valence-electron chi connectivity index (χ4n) is 0.366. The van der Waals surface area contributed by atoms with Crippen molar-refractivity contribution in [2.24, 2.45) is 0 Å². The number of carbonyl (C=O) groups is 1. The standard InChI is InChI=1S/C5H8Cl2O/c1-4(8)2-5(7)3-6/h5H,2-3H2,1H3. The minimum Gasteiger partial charge on any atom is -0.300 e. The molecule has 0 bridgehead atoms. The van der Waals surface area contributed by atoms with Gasteiger partial charge in [0.2, 0.25) is 0 Å². The van der Waals surface area contributed by atoms with E-state index < -0.39 is 0 Å². The smallest absolute Gasteiger partial charge is 0.131 e. The molecule has 0 amide bonds. The predicted molar refractivity (Wildman–Crippen MR) is 35.7 cm³/mol. The third-order valence-corrected chi connectivity index (χ3v) is 1.52. The molecule has 0 aromatic heterocycles. The van der Waals surface area contributed by atoms with Crippen LogP contribution in [0.25, 0.3) is 0 Å². The van der Waals surface area contributed by atoms with Gasteiger partial charge in [-0.3, -0.25) is 4.79 Å². The summed E-state index contributed by atoms with van der Waals surface area (Å²) in [5.74, 6) is 0.437. The molecule has 0 radical (unpaired) electrons. The van der Waals surface area contributed by atoms with Crippen molar-refractivity contribution in [2.45, 2.75) is 18.7 Å². The van der Waals surface area contributed by atoms with E-state index in [0.717, 1.165) is 0 Å². The maximum Gasteiger partial charge on any atom is 0.131 e. The molecule has 0 aliphatic rings. The predicted octanol–water partition coefficient (Wildman–Crippen LogP) is 1.81. The van der Waals surface area contributed by atoms with Crippen LogP contribution in [-0.2, 0) is 4.79 Å². The zero-order valence-electron chi connectivity index (χ0n) is 4.66. The van der Waals surface area contributed by atoms with Crippen molar-refractivity contribution in [1.29, 1.82) is 0 Å². The van der Waals surface area contributed by atoms with Crippen LogP contribution in [0.4, 0.5) is 0 Å². The van der Waals surface area contributed by atoms with Crippen LogP contribution in [0.3, 0.4) is 0 Å². The van der Waals surface area contributed by atoms with Crippen LogP contribution in [0.15, 0.2) is 0 Å². The molecule has 0 spiro atoms. The number of Topliss-reactive ketones (excluding diaryl/α,β-unsaturated/α-hetero) is 1. The first-order chi connectivity index (χ1) is 3.66. The van der Waals surface area contributed by atoms with Gasteiger partial charge in [-0.05, 0) is 6.92 Å². The van der Waals surface area contributed by atoms with E-state index in [-0.39, 0.29) is 11.2 Å². The Labute approximate surface area is 59.0 Å². The molecule has 1 atom stereocenters. The van der Waals surface area contributed by atoms with Crippen LogP contribution in [0, 0.1) is 0 Å². The summed E-state index contributed by atoms with van der Waals surface area (Å²) in [6, 6.07) is 0. The summed E-state index contributed by atoms with van der Waals surface area (Å²) in [4.78, 5) is 10.3. The van der Waals surface area contributed by atoms with Gasteiger partial charge in [-0.2, -0.15) is 0 Å². The van der Waals surface area contributed by atoms with E-state index >= 15 is 0 Å². The van der Waals surface area contributed by atoms with E-state index in [1.54, 1.807) is 0 Å². The highest BCUT2D eigenvalue weighted by Gasteiger charge is 2.03. The van der Waals surface area contributed by atoms with Gasteiger partial charge in [0, 0.05) is 12.3 Å². The number of hydrogen-bond acceptors (Lipinski definition) is 1. The van der Waals surface area contributed by atoms with Crippen molar-refractivity contribution < 1.29 is 4.79 Å². The lowest BCUT2D eigenvalue weighted by atomic mass is 10.2. The van der Waals surface area contributed by atoms with Gasteiger partial charge in [-0.25, -0.2) is 0 Å². The first kappa shape index (κ1) is 8.25. The minimum absolute atomic E-state index is 0.0886. The lowest BCUT2D eigenvalue weighted by Gasteiger charge is -1.97. The third kappa shape index (κ3) is 4.41. The van der Waals surface area contributed by atoms with Crippen molar-refractivity contribution >= 4 is 29.0 Å². The number of ketones is 1. The molecule has 0 fully saturated rings. The molecule has 1 nitrogen and oxygen atoms in total. The second-order valence-electron chi connectivity index (χ2n) is 1.66. The molecule has 0 aromatic rings. The number of hydrogen-bond donors (Lipinski definition) is 0. The van der Waals surface area contributed by atoms with Crippen LogP contribution >= 0.6 is 23.2 Å². The average molecular weight is 155 g/mol. The maximum absolute atomic E-state index is 10.3. The Bertz CT molecular complexity index is 82.5. The van der Waals surface area contributed by atoms with Gasteiger partial charge >= 0.3 is 0 Å². The Kier molecular flexibility index (Phi) is 4.29. The first-order valence-corrected chi connectivity index (χ1v) is 3.33. The molecule has 0 heterocycles. The highest BCUT2D eigenvalue weighted by Crippen LogP contribution is 2.03. The van der Waals surface area contributed by atoms with E-state index in [1.165, 1.54) is 6.92 Å². The van der Waals surface area contributed by atoms with Gasteiger partial charge in [-0.15, -0.1) is 23.2 Å². The molecule has 3 heteroatoms. The Hall–Kier alpha value is 0.250. The molecule has 1 unspecified atom stereocenters. The van der Waals surface area contributed by atoms with Gasteiger partial charge in [0.05, 0.1) is 5.38 Å². The quantitative estimate of drug-likeness (QED) is 0.568.